The number of para-hydroxylation sites is 1. The second kappa shape index (κ2) is 6.55. The fourth-order valence-corrected chi connectivity index (χ4v) is 2.99. The molecular weight excluding hydrogens is 320 g/mol. The third-order valence-electron chi connectivity index (χ3n) is 4.32. The van der Waals surface area contributed by atoms with Gasteiger partial charge in [-0.2, -0.15) is 0 Å². The second-order valence-corrected chi connectivity index (χ2v) is 6.15. The van der Waals surface area contributed by atoms with Gasteiger partial charge in [0, 0.05) is 27.7 Å². The molecule has 0 aliphatic heterocycles. The van der Waals surface area contributed by atoms with Crippen LogP contribution >= 0.6 is 0 Å². The Bertz CT molecular complexity index is 932. The van der Waals surface area contributed by atoms with Crippen molar-refractivity contribution in [3.05, 3.63) is 52.5 Å². The third kappa shape index (κ3) is 3.20. The molecule has 1 aromatic carbocycles. The number of esters is 1. The first-order chi connectivity index (χ1) is 11.9. The summed E-state index contributed by atoms with van der Waals surface area (Å²) < 4.78 is 10.4. The molecule has 25 heavy (non-hydrogen) atoms. The Labute approximate surface area is 145 Å². The maximum atomic E-state index is 12.8. The smallest absolute Gasteiger partial charge is 0.311 e. The molecular formula is C19H20N2O4. The van der Waals surface area contributed by atoms with Crippen molar-refractivity contribution in [3.63, 3.8) is 0 Å². The van der Waals surface area contributed by atoms with E-state index in [-0.39, 0.29) is 12.2 Å². The summed E-state index contributed by atoms with van der Waals surface area (Å²) in [5.41, 5.74) is 3.57. The molecule has 0 amide bonds. The molecule has 0 saturated carbocycles. The molecule has 2 heterocycles. The summed E-state index contributed by atoms with van der Waals surface area (Å²) in [6.45, 7) is 6.94. The van der Waals surface area contributed by atoms with E-state index in [2.05, 4.69) is 10.1 Å². The van der Waals surface area contributed by atoms with Gasteiger partial charge in [0.2, 0.25) is 5.78 Å². The molecule has 0 saturated heterocycles. The number of rotatable bonds is 5. The molecule has 3 rings (SSSR count). The van der Waals surface area contributed by atoms with Crippen LogP contribution in [0.25, 0.3) is 10.9 Å². The molecule has 0 unspecified atom stereocenters. The average Bonchev–Trinajstić information content (AvgIpc) is 3.07. The normalized spacial score (nSPS) is 12.3. The number of nitrogens with one attached hydrogen (secondary N) is 1. The Morgan fingerprint density at radius 1 is 1.24 bits per heavy atom. The highest BCUT2D eigenvalue weighted by Crippen LogP contribution is 2.24. The van der Waals surface area contributed by atoms with Gasteiger partial charge < -0.3 is 14.2 Å². The Morgan fingerprint density at radius 3 is 2.64 bits per heavy atom. The molecule has 130 valence electrons. The van der Waals surface area contributed by atoms with Crippen LogP contribution in [0.15, 0.2) is 28.8 Å². The Morgan fingerprint density at radius 2 is 1.96 bits per heavy atom. The maximum absolute atomic E-state index is 12.8. The molecule has 0 spiro atoms. The lowest BCUT2D eigenvalue weighted by molar-refractivity contribution is -0.145. The number of Topliss-reactive ketones (excluding diaryl/α,β-unsaturated/α-hetero) is 1. The molecule has 3 aromatic rings. The van der Waals surface area contributed by atoms with E-state index in [1.54, 1.807) is 20.8 Å². The summed E-state index contributed by atoms with van der Waals surface area (Å²) in [5.74, 6) is -0.115. The van der Waals surface area contributed by atoms with Crippen LogP contribution in [-0.2, 0) is 16.0 Å². The van der Waals surface area contributed by atoms with Crippen LogP contribution in [0, 0.1) is 20.8 Å². The van der Waals surface area contributed by atoms with E-state index in [1.807, 2.05) is 31.2 Å². The first-order valence-electron chi connectivity index (χ1n) is 8.11. The molecule has 0 aliphatic carbocycles. The van der Waals surface area contributed by atoms with Gasteiger partial charge in [0.25, 0.3) is 0 Å². The summed E-state index contributed by atoms with van der Waals surface area (Å²) in [5, 5.41) is 4.65. The van der Waals surface area contributed by atoms with Gasteiger partial charge in [-0.1, -0.05) is 23.4 Å². The van der Waals surface area contributed by atoms with E-state index < -0.39 is 12.1 Å². The fourth-order valence-electron chi connectivity index (χ4n) is 2.99. The van der Waals surface area contributed by atoms with Crippen molar-refractivity contribution in [1.29, 1.82) is 0 Å². The number of ether oxygens (including phenoxy) is 1. The lowest BCUT2D eigenvalue weighted by Crippen LogP contribution is -2.25. The predicted molar refractivity (Wildman–Crippen MR) is 92.6 cm³/mol. The minimum absolute atomic E-state index is 0.0334. The number of aromatic amines is 1. The van der Waals surface area contributed by atoms with Gasteiger partial charge in [-0.25, -0.2) is 0 Å². The molecule has 2 aromatic heterocycles. The zero-order valence-corrected chi connectivity index (χ0v) is 14.7. The Hall–Kier alpha value is -2.89. The Balaban J connectivity index is 1.76. The minimum atomic E-state index is -0.870. The van der Waals surface area contributed by atoms with E-state index in [4.69, 9.17) is 9.26 Å². The number of fused-ring (bicyclic) bond motifs is 1. The van der Waals surface area contributed by atoms with E-state index in [9.17, 15) is 9.59 Å². The van der Waals surface area contributed by atoms with Crippen LogP contribution in [0.5, 0.6) is 0 Å². The van der Waals surface area contributed by atoms with Crippen molar-refractivity contribution >= 4 is 22.7 Å². The number of carbonyl (C=O) groups excluding carboxylic acids is 2. The number of hydrogen-bond acceptors (Lipinski definition) is 5. The lowest BCUT2D eigenvalue weighted by Gasteiger charge is -2.12. The van der Waals surface area contributed by atoms with Crippen molar-refractivity contribution < 1.29 is 18.8 Å². The minimum Gasteiger partial charge on any atom is -0.454 e. The van der Waals surface area contributed by atoms with Crippen LogP contribution < -0.4 is 0 Å². The number of benzene rings is 1. The topological polar surface area (TPSA) is 85.2 Å². The molecule has 0 bridgehead atoms. The standard InChI is InChI=1S/C19H20N2O4/c1-10-15(12(3)25-21-10)9-17(22)24-13(4)19(23)18-11(2)20-16-8-6-5-7-14(16)18/h5-8,13,20H,9H2,1-4H3/t13-/m0/s1. The average molecular weight is 340 g/mol. The van der Waals surface area contributed by atoms with Gasteiger partial charge in [0.05, 0.1) is 12.1 Å². The van der Waals surface area contributed by atoms with Crippen LogP contribution in [0.4, 0.5) is 0 Å². The van der Waals surface area contributed by atoms with E-state index in [1.165, 1.54) is 0 Å². The van der Waals surface area contributed by atoms with Gasteiger partial charge in [-0.05, 0) is 33.8 Å². The van der Waals surface area contributed by atoms with Gasteiger partial charge in [0.15, 0.2) is 6.10 Å². The second-order valence-electron chi connectivity index (χ2n) is 6.15. The summed E-state index contributed by atoms with van der Waals surface area (Å²) in [7, 11) is 0. The first kappa shape index (κ1) is 17.0. The van der Waals surface area contributed by atoms with Crippen molar-refractivity contribution in [2.45, 2.75) is 40.2 Å². The lowest BCUT2D eigenvalue weighted by atomic mass is 10.0. The highest BCUT2D eigenvalue weighted by molar-refractivity contribution is 6.11. The third-order valence-corrected chi connectivity index (χ3v) is 4.32. The number of aromatic nitrogens is 2. The molecule has 6 heteroatoms. The predicted octanol–water partition coefficient (Wildman–Crippen LogP) is 3.44. The van der Waals surface area contributed by atoms with Crippen LogP contribution in [0.1, 0.15) is 40.0 Å². The van der Waals surface area contributed by atoms with Gasteiger partial charge in [0.1, 0.15) is 5.76 Å². The summed E-state index contributed by atoms with van der Waals surface area (Å²) in [4.78, 5) is 28.2. The van der Waals surface area contributed by atoms with Gasteiger partial charge in [-0.3, -0.25) is 9.59 Å². The van der Waals surface area contributed by atoms with Crippen LogP contribution in [0.2, 0.25) is 0 Å². The van der Waals surface area contributed by atoms with Crippen molar-refractivity contribution in [2.75, 3.05) is 0 Å². The maximum Gasteiger partial charge on any atom is 0.311 e. The Kier molecular flexibility index (Phi) is 4.44. The number of aryl methyl sites for hydroxylation is 3. The zero-order valence-electron chi connectivity index (χ0n) is 14.7. The number of ketones is 1. The SMILES string of the molecule is Cc1noc(C)c1CC(=O)O[C@@H](C)C(=O)c1c(C)[nH]c2ccccc12. The largest absolute Gasteiger partial charge is 0.454 e. The quantitative estimate of drug-likeness (QED) is 0.568. The van der Waals surface area contributed by atoms with Crippen LogP contribution in [-0.4, -0.2) is 28.0 Å². The van der Waals surface area contributed by atoms with E-state index in [0.717, 1.165) is 16.6 Å². The molecule has 1 atom stereocenters. The summed E-state index contributed by atoms with van der Waals surface area (Å²) >= 11 is 0. The molecule has 1 N–H and O–H groups in total. The number of carbonyl (C=O) groups is 2. The van der Waals surface area contributed by atoms with E-state index in [0.29, 0.717) is 22.6 Å². The van der Waals surface area contributed by atoms with Crippen molar-refractivity contribution in [1.82, 2.24) is 10.1 Å². The molecule has 0 radical (unpaired) electrons. The van der Waals surface area contributed by atoms with E-state index >= 15 is 0 Å². The highest BCUT2D eigenvalue weighted by atomic mass is 16.5. The molecule has 0 fully saturated rings. The summed E-state index contributed by atoms with van der Waals surface area (Å²) in [6.07, 6.45) is -0.836. The molecule has 0 aliphatic rings. The number of hydrogen-bond donors (Lipinski definition) is 1. The monoisotopic (exact) mass is 340 g/mol. The van der Waals surface area contributed by atoms with Gasteiger partial charge >= 0.3 is 5.97 Å². The van der Waals surface area contributed by atoms with Crippen LogP contribution in [0.3, 0.4) is 0 Å². The van der Waals surface area contributed by atoms with Gasteiger partial charge in [-0.15, -0.1) is 0 Å². The van der Waals surface area contributed by atoms with Crippen molar-refractivity contribution in [3.8, 4) is 0 Å². The number of H-pyrrole nitrogens is 1. The fraction of sp³-hybridized carbons (Fsp3) is 0.316. The highest BCUT2D eigenvalue weighted by Gasteiger charge is 2.25. The number of nitrogens with zero attached hydrogens (tertiary/aromatic N) is 1. The van der Waals surface area contributed by atoms with Crippen molar-refractivity contribution in [2.24, 2.45) is 0 Å². The zero-order chi connectivity index (χ0) is 18.1. The molecule has 6 nitrogen and oxygen atoms in total. The first-order valence-corrected chi connectivity index (χ1v) is 8.11. The summed E-state index contributed by atoms with van der Waals surface area (Å²) in [6, 6.07) is 7.57.